The van der Waals surface area contributed by atoms with Gasteiger partial charge < -0.3 is 9.53 Å². The Morgan fingerprint density at radius 1 is 0.551 bits per heavy atom. The van der Waals surface area contributed by atoms with Crippen LogP contribution in [0.15, 0.2) is 91.0 Å². The molecule has 49 heavy (non-hydrogen) atoms. The highest BCUT2D eigenvalue weighted by molar-refractivity contribution is 7.89. The van der Waals surface area contributed by atoms with Crippen molar-refractivity contribution in [2.75, 3.05) is 26.7 Å². The third kappa shape index (κ3) is 54.9. The number of carbonyl (C=O) groups excluding carboxylic acids is 1. The molecular formula is C44H84O4S. The van der Waals surface area contributed by atoms with Gasteiger partial charge in [-0.05, 0) is 41.4 Å². The van der Waals surface area contributed by atoms with Gasteiger partial charge in [0.25, 0.3) is 0 Å². The molecule has 0 aliphatic carbocycles. The van der Waals surface area contributed by atoms with Crippen molar-refractivity contribution < 1.29 is 17.9 Å². The van der Waals surface area contributed by atoms with E-state index in [0.29, 0.717) is 10.8 Å². The number of hydrogen-bond donors (Lipinski definition) is 0. The molecule has 0 unspecified atom stereocenters. The molecule has 3 rings (SSSR count). The molecule has 0 aliphatic rings. The summed E-state index contributed by atoms with van der Waals surface area (Å²) in [5, 5.41) is 0. The summed E-state index contributed by atoms with van der Waals surface area (Å²) in [7, 11) is 0.583. The predicted molar refractivity (Wildman–Crippen MR) is 228 cm³/mol. The van der Waals surface area contributed by atoms with Gasteiger partial charge in [-0.25, -0.2) is 8.42 Å². The van der Waals surface area contributed by atoms with E-state index in [2.05, 4.69) is 172 Å². The normalized spacial score (nSPS) is 9.49. The van der Waals surface area contributed by atoms with Crippen LogP contribution in [0.4, 0.5) is 0 Å². The Morgan fingerprint density at radius 2 is 0.694 bits per heavy atom. The summed E-state index contributed by atoms with van der Waals surface area (Å²) in [6.07, 6.45) is 3.57. The fourth-order valence-corrected chi connectivity index (χ4v) is 2.81. The average Bonchev–Trinajstić information content (AvgIpc) is 2.89. The molecule has 0 heterocycles. The number of Topliss-reactive ketones (excluding diaryl/α,β-unsaturated/α-hetero) is 1. The Balaban J connectivity index is -0.0000000726. The van der Waals surface area contributed by atoms with E-state index in [0.717, 1.165) is 12.5 Å². The van der Waals surface area contributed by atoms with E-state index < -0.39 is 9.84 Å². The lowest BCUT2D eigenvalue weighted by Crippen LogP contribution is -2.18. The van der Waals surface area contributed by atoms with Crippen LogP contribution in [0.1, 0.15) is 143 Å². The molecule has 290 valence electrons. The summed E-state index contributed by atoms with van der Waals surface area (Å²) in [4.78, 5) is 9.44. The molecule has 0 spiro atoms. The van der Waals surface area contributed by atoms with Crippen LogP contribution >= 0.6 is 0 Å². The molecular weight excluding hydrogens is 625 g/mol. The Labute approximate surface area is 309 Å². The summed E-state index contributed by atoms with van der Waals surface area (Å²) >= 11 is 0. The number of hydrogen-bond acceptors (Lipinski definition) is 4. The summed E-state index contributed by atoms with van der Waals surface area (Å²) < 4.78 is 23.5. The molecule has 0 bridgehead atoms. The second kappa shape index (κ2) is 35.1. The van der Waals surface area contributed by atoms with Crippen molar-refractivity contribution >= 4 is 15.6 Å². The lowest BCUT2D eigenvalue weighted by molar-refractivity contribution is -0.115. The first-order valence-electron chi connectivity index (χ1n) is 15.6. The molecule has 0 amide bonds. The molecule has 3 aromatic carbocycles. The molecule has 0 N–H and O–H groups in total. The van der Waals surface area contributed by atoms with Crippen LogP contribution in [-0.4, -0.2) is 40.9 Å². The number of carbonyl (C=O) groups is 1. The van der Waals surface area contributed by atoms with E-state index in [1.165, 1.54) is 37.0 Å². The van der Waals surface area contributed by atoms with Crippen LogP contribution < -0.4 is 0 Å². The van der Waals surface area contributed by atoms with Crippen LogP contribution in [-0.2, 0) is 30.2 Å². The summed E-state index contributed by atoms with van der Waals surface area (Å²) in [6, 6.07) is 31.8. The molecule has 0 fully saturated rings. The standard InChI is InChI=1S/C15H16.C10H14.C5H12.C3H6O.C3H8.C2H6O2S.C2H6O.4CH4/c1-15(2,13-9-5-3-6-10-13)14-11-7-4-8-12-14;1-10(2,3)9-7-5-4-6-8-9;1-5(2,3)4;1-3(2)4;1-3-2;1-5(2,3)4;1-3-2;;;;/h3-12H,1-2H3;4-8H,1-3H3;1-4H3;1-2H3;3H2,1-2H3;1-2H3;1-2H3;4*1H4. The zero-order valence-electron chi connectivity index (χ0n) is 31.9. The Morgan fingerprint density at radius 3 is 0.816 bits per heavy atom. The van der Waals surface area contributed by atoms with Gasteiger partial charge in [-0.2, -0.15) is 0 Å². The minimum Gasteiger partial charge on any atom is -0.388 e. The monoisotopic (exact) mass is 709 g/mol. The van der Waals surface area contributed by atoms with Crippen molar-refractivity contribution in [1.29, 1.82) is 0 Å². The van der Waals surface area contributed by atoms with Gasteiger partial charge in [0, 0.05) is 32.1 Å². The van der Waals surface area contributed by atoms with Crippen LogP contribution in [0, 0.1) is 5.41 Å². The van der Waals surface area contributed by atoms with Crippen LogP contribution in [0.2, 0.25) is 0 Å². The summed E-state index contributed by atoms with van der Waals surface area (Å²) in [6.45, 7) is 27.3. The van der Waals surface area contributed by atoms with E-state index in [9.17, 15) is 13.2 Å². The number of rotatable bonds is 2. The smallest absolute Gasteiger partial charge is 0.144 e. The summed E-state index contributed by atoms with van der Waals surface area (Å²) in [5.41, 5.74) is 4.99. The highest BCUT2D eigenvalue weighted by atomic mass is 32.2. The SMILES string of the molecule is C.C.C.C.CC(C)(C)C.CC(C)(C)c1ccccc1.CC(C)(c1ccccc1)c1ccccc1.CC(C)=O.CCC.COC.CS(C)(=O)=O. The zero-order valence-corrected chi connectivity index (χ0v) is 32.7. The maximum absolute atomic E-state index is 9.63. The molecule has 0 radical (unpaired) electrons. The van der Waals surface area contributed by atoms with Gasteiger partial charge in [-0.1, -0.05) is 203 Å². The first kappa shape index (κ1) is 64.7. The Bertz CT molecular complexity index is 1110. The number of benzene rings is 3. The van der Waals surface area contributed by atoms with Crippen molar-refractivity contribution in [3.8, 4) is 0 Å². The van der Waals surface area contributed by atoms with E-state index >= 15 is 0 Å². The zero-order chi connectivity index (χ0) is 36.3. The van der Waals surface area contributed by atoms with Crippen molar-refractivity contribution in [1.82, 2.24) is 0 Å². The first-order chi connectivity index (χ1) is 20.4. The quantitative estimate of drug-likeness (QED) is 0.266. The third-order valence-corrected chi connectivity index (χ3v) is 4.63. The fraction of sp³-hybridized carbons (Fsp3) is 0.568. The van der Waals surface area contributed by atoms with Gasteiger partial charge in [-0.15, -0.1) is 0 Å². The molecule has 3 aromatic rings. The van der Waals surface area contributed by atoms with E-state index in [4.69, 9.17) is 0 Å². The lowest BCUT2D eigenvalue weighted by Gasteiger charge is -2.25. The average molecular weight is 709 g/mol. The number of sulfone groups is 1. The number of ether oxygens (including phenoxy) is 1. The molecule has 4 nitrogen and oxygen atoms in total. The van der Waals surface area contributed by atoms with Crippen molar-refractivity contribution in [3.05, 3.63) is 108 Å². The predicted octanol–water partition coefficient (Wildman–Crippen LogP) is 13.5. The minimum atomic E-state index is -2.67. The molecule has 0 saturated carbocycles. The third-order valence-electron chi connectivity index (χ3n) is 4.63. The number of methoxy groups -OCH3 is 1. The minimum absolute atomic E-state index is 0. The molecule has 0 aliphatic heterocycles. The van der Waals surface area contributed by atoms with Crippen LogP contribution in [0.25, 0.3) is 0 Å². The topological polar surface area (TPSA) is 60.4 Å². The Hall–Kier alpha value is -2.76. The fourth-order valence-electron chi connectivity index (χ4n) is 2.81. The molecule has 0 saturated heterocycles. The van der Waals surface area contributed by atoms with Gasteiger partial charge in [0.2, 0.25) is 0 Å². The van der Waals surface area contributed by atoms with Crippen molar-refractivity contribution in [3.63, 3.8) is 0 Å². The maximum atomic E-state index is 9.63. The second-order valence-electron chi connectivity index (χ2n) is 14.1. The highest BCUT2D eigenvalue weighted by Crippen LogP contribution is 2.30. The Kier molecular flexibility index (Phi) is 46.3. The molecule has 0 atom stereocenters. The van der Waals surface area contributed by atoms with Crippen molar-refractivity contribution in [2.45, 2.75) is 137 Å². The summed E-state index contributed by atoms with van der Waals surface area (Å²) in [5.74, 6) is 0.167. The van der Waals surface area contributed by atoms with E-state index in [-0.39, 0.29) is 40.9 Å². The van der Waals surface area contributed by atoms with E-state index in [1.54, 1.807) is 14.2 Å². The maximum Gasteiger partial charge on any atom is 0.144 e. The second-order valence-corrected chi connectivity index (χ2v) is 16.4. The van der Waals surface area contributed by atoms with Crippen molar-refractivity contribution in [2.24, 2.45) is 5.41 Å². The van der Waals surface area contributed by atoms with Gasteiger partial charge in [0.05, 0.1) is 0 Å². The highest BCUT2D eigenvalue weighted by Gasteiger charge is 2.21. The van der Waals surface area contributed by atoms with Gasteiger partial charge in [-0.3, -0.25) is 0 Å². The van der Waals surface area contributed by atoms with Gasteiger partial charge >= 0.3 is 0 Å². The first-order valence-corrected chi connectivity index (χ1v) is 17.9. The van der Waals surface area contributed by atoms with Crippen LogP contribution in [0.3, 0.4) is 0 Å². The lowest BCUT2D eigenvalue weighted by atomic mass is 9.78. The van der Waals surface area contributed by atoms with Crippen LogP contribution in [0.5, 0.6) is 0 Å². The van der Waals surface area contributed by atoms with Gasteiger partial charge in [0.15, 0.2) is 0 Å². The number of ketones is 1. The largest absolute Gasteiger partial charge is 0.388 e. The van der Waals surface area contributed by atoms with E-state index in [1.807, 2.05) is 0 Å². The molecule has 5 heteroatoms. The van der Waals surface area contributed by atoms with Gasteiger partial charge in [0.1, 0.15) is 15.6 Å². The molecule has 0 aromatic heterocycles.